The second kappa shape index (κ2) is 6.30. The van der Waals surface area contributed by atoms with Gasteiger partial charge in [-0.2, -0.15) is 0 Å². The molecule has 0 bridgehead atoms. The van der Waals surface area contributed by atoms with Crippen molar-refractivity contribution in [1.82, 2.24) is 5.32 Å². The number of nitrogens with one attached hydrogen (secondary N) is 1. The van der Waals surface area contributed by atoms with Crippen molar-refractivity contribution in [2.75, 3.05) is 6.54 Å². The first kappa shape index (κ1) is 13.6. The minimum Gasteiger partial charge on any atom is -0.481 e. The van der Waals surface area contributed by atoms with E-state index in [1.807, 2.05) is 0 Å². The van der Waals surface area contributed by atoms with Gasteiger partial charge in [0.05, 0.1) is 16.5 Å². The average molecular weight is 283 g/mol. The summed E-state index contributed by atoms with van der Waals surface area (Å²) >= 11 is 17.7. The van der Waals surface area contributed by atoms with Crippen LogP contribution in [0.4, 0.5) is 0 Å². The van der Waals surface area contributed by atoms with Gasteiger partial charge in [0.1, 0.15) is 0 Å². The number of aliphatic carboxylic acids is 1. The zero-order valence-corrected chi connectivity index (χ0v) is 10.5. The highest BCUT2D eigenvalue weighted by Gasteiger charge is 2.09. The lowest BCUT2D eigenvalue weighted by Crippen LogP contribution is -2.18. The summed E-state index contributed by atoms with van der Waals surface area (Å²) in [6, 6.07) is 3.27. The monoisotopic (exact) mass is 281 g/mol. The lowest BCUT2D eigenvalue weighted by molar-refractivity contribution is -0.136. The Morgan fingerprint density at radius 3 is 2.50 bits per heavy atom. The largest absolute Gasteiger partial charge is 0.481 e. The maximum Gasteiger partial charge on any atom is 0.304 e. The number of hydrogen-bond donors (Lipinski definition) is 2. The molecule has 2 N–H and O–H groups in total. The van der Waals surface area contributed by atoms with E-state index in [1.165, 1.54) is 0 Å². The first-order valence-electron chi connectivity index (χ1n) is 4.57. The van der Waals surface area contributed by atoms with Gasteiger partial charge >= 0.3 is 5.97 Å². The molecule has 3 nitrogen and oxygen atoms in total. The minimum atomic E-state index is -0.851. The summed E-state index contributed by atoms with van der Waals surface area (Å²) in [5.74, 6) is -0.851. The third kappa shape index (κ3) is 3.83. The van der Waals surface area contributed by atoms with Crippen LogP contribution in [0.2, 0.25) is 15.1 Å². The molecule has 0 saturated heterocycles. The highest BCUT2D eigenvalue weighted by molar-refractivity contribution is 6.44. The number of benzene rings is 1. The quantitative estimate of drug-likeness (QED) is 0.644. The molecule has 1 aromatic carbocycles. The third-order valence-corrected chi connectivity index (χ3v) is 3.15. The Kier molecular flexibility index (Phi) is 5.35. The molecule has 0 radical (unpaired) electrons. The number of rotatable bonds is 5. The van der Waals surface area contributed by atoms with Gasteiger partial charge in [-0.1, -0.05) is 34.8 Å². The fourth-order valence-electron chi connectivity index (χ4n) is 1.14. The first-order valence-corrected chi connectivity index (χ1v) is 5.70. The van der Waals surface area contributed by atoms with Crippen LogP contribution in [0.25, 0.3) is 0 Å². The van der Waals surface area contributed by atoms with Crippen molar-refractivity contribution in [3.05, 3.63) is 32.8 Å². The minimum absolute atomic E-state index is 0.0514. The first-order chi connectivity index (χ1) is 7.52. The molecule has 0 amide bonds. The molecule has 1 rings (SSSR count). The molecule has 0 atom stereocenters. The normalized spacial score (nSPS) is 10.4. The van der Waals surface area contributed by atoms with Gasteiger partial charge in [0.25, 0.3) is 0 Å². The molecule has 0 unspecified atom stereocenters. The van der Waals surface area contributed by atoms with Crippen molar-refractivity contribution in [1.29, 1.82) is 0 Å². The molecule has 0 heterocycles. The Hall–Kier alpha value is -0.480. The molecule has 88 valence electrons. The summed E-state index contributed by atoms with van der Waals surface area (Å²) in [6.45, 7) is 0.750. The Bertz CT molecular complexity index is 396. The van der Waals surface area contributed by atoms with Crippen LogP contribution >= 0.6 is 34.8 Å². The van der Waals surface area contributed by atoms with Gasteiger partial charge in [-0.25, -0.2) is 0 Å². The van der Waals surface area contributed by atoms with Crippen molar-refractivity contribution in [3.8, 4) is 0 Å². The predicted molar refractivity (Wildman–Crippen MR) is 65.4 cm³/mol. The Labute approximate surface area is 108 Å². The molecule has 16 heavy (non-hydrogen) atoms. The second-order valence-electron chi connectivity index (χ2n) is 3.14. The third-order valence-electron chi connectivity index (χ3n) is 1.96. The molecule has 6 heteroatoms. The molecule has 0 saturated carbocycles. The van der Waals surface area contributed by atoms with Crippen LogP contribution in [0.5, 0.6) is 0 Å². The van der Waals surface area contributed by atoms with Crippen molar-refractivity contribution < 1.29 is 9.90 Å². The number of hydrogen-bond acceptors (Lipinski definition) is 2. The van der Waals surface area contributed by atoms with Crippen LogP contribution in [0.3, 0.4) is 0 Å². The maximum absolute atomic E-state index is 10.3. The van der Waals surface area contributed by atoms with E-state index in [9.17, 15) is 4.79 Å². The number of halogens is 3. The fourth-order valence-corrected chi connectivity index (χ4v) is 1.82. The highest BCUT2D eigenvalue weighted by atomic mass is 35.5. The van der Waals surface area contributed by atoms with Crippen LogP contribution in [-0.4, -0.2) is 17.6 Å². The molecule has 0 aliphatic heterocycles. The van der Waals surface area contributed by atoms with E-state index >= 15 is 0 Å². The number of carbonyl (C=O) groups is 1. The predicted octanol–water partition coefficient (Wildman–Crippen LogP) is 3.21. The van der Waals surface area contributed by atoms with E-state index in [0.29, 0.717) is 33.7 Å². The van der Waals surface area contributed by atoms with Gasteiger partial charge in [-0.05, 0) is 12.1 Å². The van der Waals surface area contributed by atoms with Gasteiger partial charge in [0.2, 0.25) is 0 Å². The molecule has 0 fully saturated rings. The maximum atomic E-state index is 10.3. The molecule has 0 aliphatic carbocycles. The molecular weight excluding hydrogens is 272 g/mol. The van der Waals surface area contributed by atoms with Gasteiger partial charge in [-0.15, -0.1) is 0 Å². The molecular formula is C10H10Cl3NO2. The lowest BCUT2D eigenvalue weighted by atomic mass is 10.2. The van der Waals surface area contributed by atoms with Gasteiger partial charge in [0, 0.05) is 23.7 Å². The zero-order valence-electron chi connectivity index (χ0n) is 8.27. The fraction of sp³-hybridized carbons (Fsp3) is 0.300. The smallest absolute Gasteiger partial charge is 0.304 e. The summed E-state index contributed by atoms with van der Waals surface area (Å²) in [7, 11) is 0. The standard InChI is InChI=1S/C10H10Cl3NO2/c11-7-1-2-8(12)10(13)6(7)5-14-4-3-9(15)16/h1-2,14H,3-5H2,(H,15,16). The molecule has 0 aliphatic rings. The van der Waals surface area contributed by atoms with E-state index < -0.39 is 5.97 Å². The topological polar surface area (TPSA) is 49.3 Å². The number of carboxylic acids is 1. The van der Waals surface area contributed by atoms with Crippen LogP contribution in [-0.2, 0) is 11.3 Å². The van der Waals surface area contributed by atoms with Crippen molar-refractivity contribution >= 4 is 40.8 Å². The van der Waals surface area contributed by atoms with Gasteiger partial charge < -0.3 is 10.4 Å². The number of carboxylic acid groups (broad SMARTS) is 1. The second-order valence-corrected chi connectivity index (χ2v) is 4.33. The van der Waals surface area contributed by atoms with Crippen LogP contribution < -0.4 is 5.32 Å². The van der Waals surface area contributed by atoms with Crippen LogP contribution in [0.1, 0.15) is 12.0 Å². The summed E-state index contributed by atoms with van der Waals surface area (Å²) in [4.78, 5) is 10.3. The van der Waals surface area contributed by atoms with E-state index in [-0.39, 0.29) is 6.42 Å². The van der Waals surface area contributed by atoms with E-state index in [4.69, 9.17) is 39.9 Å². The Morgan fingerprint density at radius 1 is 1.25 bits per heavy atom. The van der Waals surface area contributed by atoms with E-state index in [0.717, 1.165) is 0 Å². The summed E-state index contributed by atoms with van der Waals surface area (Å²) in [5, 5.41) is 12.7. The molecule has 0 aromatic heterocycles. The SMILES string of the molecule is O=C(O)CCNCc1c(Cl)ccc(Cl)c1Cl. The Morgan fingerprint density at radius 2 is 1.88 bits per heavy atom. The highest BCUT2D eigenvalue weighted by Crippen LogP contribution is 2.31. The van der Waals surface area contributed by atoms with Gasteiger partial charge in [-0.3, -0.25) is 4.79 Å². The van der Waals surface area contributed by atoms with Crippen molar-refractivity contribution in [2.45, 2.75) is 13.0 Å². The molecule has 0 spiro atoms. The summed E-state index contributed by atoms with van der Waals surface area (Å²) in [5.41, 5.74) is 0.682. The lowest BCUT2D eigenvalue weighted by Gasteiger charge is -2.09. The summed E-state index contributed by atoms with van der Waals surface area (Å²) < 4.78 is 0. The average Bonchev–Trinajstić information content (AvgIpc) is 2.22. The van der Waals surface area contributed by atoms with E-state index in [2.05, 4.69) is 5.32 Å². The zero-order chi connectivity index (χ0) is 12.1. The Balaban J connectivity index is 2.60. The van der Waals surface area contributed by atoms with Gasteiger partial charge in [0.15, 0.2) is 0 Å². The van der Waals surface area contributed by atoms with Crippen molar-refractivity contribution in [2.24, 2.45) is 0 Å². The van der Waals surface area contributed by atoms with Crippen LogP contribution in [0, 0.1) is 0 Å². The van der Waals surface area contributed by atoms with E-state index in [1.54, 1.807) is 12.1 Å². The summed E-state index contributed by atoms with van der Waals surface area (Å²) in [6.07, 6.45) is 0.0514. The van der Waals surface area contributed by atoms with Crippen molar-refractivity contribution in [3.63, 3.8) is 0 Å². The molecule has 1 aromatic rings. The van der Waals surface area contributed by atoms with Crippen LogP contribution in [0.15, 0.2) is 12.1 Å².